The summed E-state index contributed by atoms with van der Waals surface area (Å²) in [5.74, 6) is 4.33. The Kier molecular flexibility index (Phi) is 3.25. The minimum Gasteiger partial charge on any atom is -0.285 e. The fourth-order valence-corrected chi connectivity index (χ4v) is 3.59. The summed E-state index contributed by atoms with van der Waals surface area (Å²) >= 11 is 8.06. The quantitative estimate of drug-likeness (QED) is 0.838. The zero-order valence-electron chi connectivity index (χ0n) is 9.47. The number of aromatic nitrogens is 3. The summed E-state index contributed by atoms with van der Waals surface area (Å²) in [6.07, 6.45) is 5.55. The first-order valence-corrected chi connectivity index (χ1v) is 7.43. The van der Waals surface area contributed by atoms with E-state index in [0.29, 0.717) is 0 Å². The van der Waals surface area contributed by atoms with Gasteiger partial charge in [-0.1, -0.05) is 11.6 Å². The van der Waals surface area contributed by atoms with Gasteiger partial charge in [0.05, 0.1) is 5.02 Å². The molecule has 5 heteroatoms. The van der Waals surface area contributed by atoms with Crippen LogP contribution in [0.4, 0.5) is 0 Å². The third-order valence-electron chi connectivity index (χ3n) is 3.16. The molecule has 3 rings (SSSR count). The summed E-state index contributed by atoms with van der Waals surface area (Å²) in [5.41, 5.74) is 0.882. The highest BCUT2D eigenvalue weighted by Gasteiger charge is 2.17. The molecule has 3 nitrogen and oxygen atoms in total. The Balaban J connectivity index is 1.86. The van der Waals surface area contributed by atoms with E-state index in [1.165, 1.54) is 24.3 Å². The van der Waals surface area contributed by atoms with Crippen molar-refractivity contribution in [2.45, 2.75) is 19.3 Å². The summed E-state index contributed by atoms with van der Waals surface area (Å²) in [6.45, 7) is 0. The number of rotatable bonds is 2. The molecule has 0 radical (unpaired) electrons. The van der Waals surface area contributed by atoms with E-state index >= 15 is 0 Å². The molecule has 0 aromatic carbocycles. The lowest BCUT2D eigenvalue weighted by Gasteiger charge is -2.20. The standard InChI is InChI=1S/C12H14ClN3S/c13-10-3-4-11-14-15-12(16(11)7-10)6-9-2-1-5-17-8-9/h3-4,7,9H,1-2,5-6,8H2. The predicted octanol–water partition coefficient (Wildman–Crippen LogP) is 3.07. The molecule has 1 unspecified atom stereocenters. The summed E-state index contributed by atoms with van der Waals surface area (Å²) in [4.78, 5) is 0. The lowest BCUT2D eigenvalue weighted by atomic mass is 10.0. The van der Waals surface area contributed by atoms with Crippen molar-refractivity contribution in [1.82, 2.24) is 14.6 Å². The number of thioether (sulfide) groups is 1. The molecule has 1 aliphatic heterocycles. The molecule has 0 bridgehead atoms. The first kappa shape index (κ1) is 11.4. The number of nitrogens with zero attached hydrogens (tertiary/aromatic N) is 3. The molecule has 1 atom stereocenters. The van der Waals surface area contributed by atoms with E-state index in [2.05, 4.69) is 10.2 Å². The van der Waals surface area contributed by atoms with Crippen LogP contribution in [0.3, 0.4) is 0 Å². The second-order valence-electron chi connectivity index (χ2n) is 4.48. The Bertz CT molecular complexity index is 519. The highest BCUT2D eigenvalue weighted by molar-refractivity contribution is 7.99. The van der Waals surface area contributed by atoms with Crippen LogP contribution >= 0.6 is 23.4 Å². The molecule has 3 heterocycles. The highest BCUT2D eigenvalue weighted by atomic mass is 35.5. The van der Waals surface area contributed by atoms with Crippen LogP contribution in [0, 0.1) is 5.92 Å². The Labute approximate surface area is 110 Å². The molecular weight excluding hydrogens is 254 g/mol. The van der Waals surface area contributed by atoms with E-state index < -0.39 is 0 Å². The maximum atomic E-state index is 6.01. The Morgan fingerprint density at radius 3 is 3.18 bits per heavy atom. The molecule has 90 valence electrons. The van der Waals surface area contributed by atoms with Crippen molar-refractivity contribution < 1.29 is 0 Å². The Hall–Kier alpha value is -0.740. The summed E-state index contributed by atoms with van der Waals surface area (Å²) in [7, 11) is 0. The summed E-state index contributed by atoms with van der Waals surface area (Å²) in [6, 6.07) is 3.76. The maximum Gasteiger partial charge on any atom is 0.160 e. The van der Waals surface area contributed by atoms with Gasteiger partial charge in [-0.3, -0.25) is 4.40 Å². The molecule has 17 heavy (non-hydrogen) atoms. The molecule has 1 aliphatic rings. The summed E-state index contributed by atoms with van der Waals surface area (Å²) in [5, 5.41) is 9.18. The van der Waals surface area contributed by atoms with Crippen LogP contribution in [0.5, 0.6) is 0 Å². The monoisotopic (exact) mass is 267 g/mol. The van der Waals surface area contributed by atoms with Gasteiger partial charge in [0.25, 0.3) is 0 Å². The first-order chi connectivity index (χ1) is 8.33. The van der Waals surface area contributed by atoms with Crippen molar-refractivity contribution in [1.29, 1.82) is 0 Å². The smallest absolute Gasteiger partial charge is 0.160 e. The molecule has 2 aromatic heterocycles. The van der Waals surface area contributed by atoms with Crippen molar-refractivity contribution in [2.24, 2.45) is 5.92 Å². The number of fused-ring (bicyclic) bond motifs is 1. The molecule has 0 spiro atoms. The highest BCUT2D eigenvalue weighted by Crippen LogP contribution is 2.25. The van der Waals surface area contributed by atoms with Crippen molar-refractivity contribution in [3.63, 3.8) is 0 Å². The largest absolute Gasteiger partial charge is 0.285 e. The lowest BCUT2D eigenvalue weighted by Crippen LogP contribution is -2.14. The van der Waals surface area contributed by atoms with E-state index in [1.807, 2.05) is 34.5 Å². The average Bonchev–Trinajstić information content (AvgIpc) is 2.73. The van der Waals surface area contributed by atoms with Crippen molar-refractivity contribution in [3.05, 3.63) is 29.2 Å². The minimum atomic E-state index is 0.733. The average molecular weight is 268 g/mol. The van der Waals surface area contributed by atoms with Gasteiger partial charge in [-0.25, -0.2) is 0 Å². The second kappa shape index (κ2) is 4.86. The molecule has 2 aromatic rings. The van der Waals surface area contributed by atoms with Crippen LogP contribution in [-0.4, -0.2) is 26.1 Å². The van der Waals surface area contributed by atoms with Gasteiger partial charge in [-0.15, -0.1) is 10.2 Å². The van der Waals surface area contributed by atoms with Crippen LogP contribution < -0.4 is 0 Å². The fourth-order valence-electron chi connectivity index (χ4n) is 2.28. The number of pyridine rings is 1. The van der Waals surface area contributed by atoms with Gasteiger partial charge < -0.3 is 0 Å². The number of halogens is 1. The number of hydrogen-bond donors (Lipinski definition) is 0. The predicted molar refractivity (Wildman–Crippen MR) is 71.8 cm³/mol. The molecular formula is C12H14ClN3S. The van der Waals surface area contributed by atoms with E-state index in [9.17, 15) is 0 Å². The zero-order chi connectivity index (χ0) is 11.7. The number of hydrogen-bond acceptors (Lipinski definition) is 3. The zero-order valence-corrected chi connectivity index (χ0v) is 11.0. The van der Waals surface area contributed by atoms with E-state index in [1.54, 1.807) is 0 Å². The van der Waals surface area contributed by atoms with Gasteiger partial charge in [-0.05, 0) is 42.4 Å². The third-order valence-corrected chi connectivity index (χ3v) is 4.67. The minimum absolute atomic E-state index is 0.733. The van der Waals surface area contributed by atoms with E-state index in [0.717, 1.165) is 28.8 Å². The summed E-state index contributed by atoms with van der Waals surface area (Å²) < 4.78 is 2.02. The SMILES string of the molecule is Clc1ccc2nnc(CC3CCCSC3)n2c1. The topological polar surface area (TPSA) is 30.2 Å². The second-order valence-corrected chi connectivity index (χ2v) is 6.07. The van der Waals surface area contributed by atoms with Crippen molar-refractivity contribution in [3.8, 4) is 0 Å². The normalized spacial score (nSPS) is 20.9. The third kappa shape index (κ3) is 2.43. The van der Waals surface area contributed by atoms with Crippen LogP contribution in [0.2, 0.25) is 5.02 Å². The molecule has 0 N–H and O–H groups in total. The molecule has 1 fully saturated rings. The van der Waals surface area contributed by atoms with E-state index in [4.69, 9.17) is 11.6 Å². The van der Waals surface area contributed by atoms with Gasteiger partial charge in [-0.2, -0.15) is 11.8 Å². The van der Waals surface area contributed by atoms with Crippen LogP contribution in [0.1, 0.15) is 18.7 Å². The maximum absolute atomic E-state index is 6.01. The molecule has 0 saturated carbocycles. The van der Waals surface area contributed by atoms with Gasteiger partial charge in [0, 0.05) is 12.6 Å². The van der Waals surface area contributed by atoms with Gasteiger partial charge in [0.1, 0.15) is 5.82 Å². The Morgan fingerprint density at radius 2 is 2.35 bits per heavy atom. The van der Waals surface area contributed by atoms with Gasteiger partial charge in [0.2, 0.25) is 0 Å². The van der Waals surface area contributed by atoms with Crippen LogP contribution in [-0.2, 0) is 6.42 Å². The van der Waals surface area contributed by atoms with Gasteiger partial charge in [0.15, 0.2) is 5.65 Å². The van der Waals surface area contributed by atoms with Crippen LogP contribution in [0.15, 0.2) is 18.3 Å². The van der Waals surface area contributed by atoms with Gasteiger partial charge >= 0.3 is 0 Å². The molecule has 1 saturated heterocycles. The fraction of sp³-hybridized carbons (Fsp3) is 0.500. The van der Waals surface area contributed by atoms with E-state index in [-0.39, 0.29) is 0 Å². The molecule has 0 aliphatic carbocycles. The first-order valence-electron chi connectivity index (χ1n) is 5.90. The lowest BCUT2D eigenvalue weighted by molar-refractivity contribution is 0.506. The van der Waals surface area contributed by atoms with Crippen molar-refractivity contribution >= 4 is 29.0 Å². The molecule has 0 amide bonds. The van der Waals surface area contributed by atoms with Crippen LogP contribution in [0.25, 0.3) is 5.65 Å². The van der Waals surface area contributed by atoms with Crippen molar-refractivity contribution in [2.75, 3.05) is 11.5 Å². The Morgan fingerprint density at radius 1 is 1.41 bits per heavy atom.